The van der Waals surface area contributed by atoms with E-state index in [2.05, 4.69) is 0 Å². The summed E-state index contributed by atoms with van der Waals surface area (Å²) >= 11 is 1.64. The molecule has 0 radical (unpaired) electrons. The Balaban J connectivity index is 1.86. The smallest absolute Gasteiger partial charge is 0.234 e. The SMILES string of the molecule is CCOc1cccc(C2SCC(=O)N2Cc2cc(OC)cc(OC)c2)c1. The third-order valence-corrected chi connectivity index (χ3v) is 5.44. The summed E-state index contributed by atoms with van der Waals surface area (Å²) in [5, 5.41) is -0.0277. The van der Waals surface area contributed by atoms with Crippen LogP contribution in [0.1, 0.15) is 23.4 Å². The highest BCUT2D eigenvalue weighted by Crippen LogP contribution is 2.41. The quantitative estimate of drug-likeness (QED) is 0.737. The Labute approximate surface area is 158 Å². The van der Waals surface area contributed by atoms with Crippen molar-refractivity contribution < 1.29 is 19.0 Å². The summed E-state index contributed by atoms with van der Waals surface area (Å²) in [4.78, 5) is 14.4. The Bertz CT molecular complexity index is 758. The van der Waals surface area contributed by atoms with Crippen molar-refractivity contribution in [3.8, 4) is 17.2 Å². The lowest BCUT2D eigenvalue weighted by Crippen LogP contribution is -2.27. The molecule has 1 fully saturated rings. The highest BCUT2D eigenvalue weighted by molar-refractivity contribution is 8.00. The number of hydrogen-bond donors (Lipinski definition) is 0. The highest BCUT2D eigenvalue weighted by Gasteiger charge is 2.33. The Morgan fingerprint density at radius 3 is 2.46 bits per heavy atom. The first-order chi connectivity index (χ1) is 12.6. The minimum Gasteiger partial charge on any atom is -0.497 e. The van der Waals surface area contributed by atoms with Gasteiger partial charge >= 0.3 is 0 Å². The number of hydrogen-bond acceptors (Lipinski definition) is 5. The molecule has 0 N–H and O–H groups in total. The molecule has 26 heavy (non-hydrogen) atoms. The monoisotopic (exact) mass is 373 g/mol. The molecule has 0 saturated carbocycles. The maximum absolute atomic E-state index is 12.5. The predicted molar refractivity (Wildman–Crippen MR) is 103 cm³/mol. The summed E-state index contributed by atoms with van der Waals surface area (Å²) in [5.74, 6) is 2.86. The van der Waals surface area contributed by atoms with E-state index in [-0.39, 0.29) is 11.3 Å². The fourth-order valence-electron chi connectivity index (χ4n) is 2.98. The van der Waals surface area contributed by atoms with E-state index in [1.54, 1.807) is 26.0 Å². The minimum atomic E-state index is -0.0277. The molecule has 5 nitrogen and oxygen atoms in total. The molecule has 1 aliphatic heterocycles. The number of amides is 1. The van der Waals surface area contributed by atoms with Gasteiger partial charge in [-0.15, -0.1) is 11.8 Å². The average molecular weight is 373 g/mol. The van der Waals surface area contributed by atoms with Crippen molar-refractivity contribution in [3.63, 3.8) is 0 Å². The van der Waals surface area contributed by atoms with Crippen molar-refractivity contribution in [3.05, 3.63) is 53.6 Å². The predicted octanol–water partition coefficient (Wildman–Crippen LogP) is 3.88. The Kier molecular flexibility index (Phi) is 5.93. The van der Waals surface area contributed by atoms with Gasteiger partial charge in [-0.3, -0.25) is 4.79 Å². The molecular weight excluding hydrogens is 350 g/mol. The number of carbonyl (C=O) groups excluding carboxylic acids is 1. The second kappa shape index (κ2) is 8.36. The van der Waals surface area contributed by atoms with Gasteiger partial charge in [0.15, 0.2) is 0 Å². The van der Waals surface area contributed by atoms with Crippen molar-refractivity contribution >= 4 is 17.7 Å². The normalized spacial score (nSPS) is 16.7. The van der Waals surface area contributed by atoms with E-state index in [1.807, 2.05) is 54.3 Å². The minimum absolute atomic E-state index is 0.0277. The number of benzene rings is 2. The van der Waals surface area contributed by atoms with Crippen molar-refractivity contribution in [2.75, 3.05) is 26.6 Å². The van der Waals surface area contributed by atoms with Crippen molar-refractivity contribution in [1.29, 1.82) is 0 Å². The standard InChI is InChI=1S/C20H23NO4S/c1-4-25-16-7-5-6-15(10-16)20-21(19(22)13-26-20)12-14-8-17(23-2)11-18(9-14)24-3/h5-11,20H,4,12-13H2,1-3H3. The first kappa shape index (κ1) is 18.5. The van der Waals surface area contributed by atoms with Crippen LogP contribution in [-0.4, -0.2) is 37.4 Å². The number of nitrogens with zero attached hydrogens (tertiary/aromatic N) is 1. The van der Waals surface area contributed by atoms with Crippen LogP contribution in [0.2, 0.25) is 0 Å². The first-order valence-corrected chi connectivity index (χ1v) is 9.55. The summed E-state index contributed by atoms with van der Waals surface area (Å²) in [6, 6.07) is 13.7. The molecule has 6 heteroatoms. The number of ether oxygens (including phenoxy) is 3. The fourth-order valence-corrected chi connectivity index (χ4v) is 4.16. The van der Waals surface area contributed by atoms with Crippen LogP contribution in [-0.2, 0) is 11.3 Å². The average Bonchev–Trinajstić information content (AvgIpc) is 3.02. The van der Waals surface area contributed by atoms with Crippen LogP contribution in [0.25, 0.3) is 0 Å². The van der Waals surface area contributed by atoms with Gasteiger partial charge in [0.2, 0.25) is 5.91 Å². The molecule has 0 bridgehead atoms. The number of methoxy groups -OCH3 is 2. The van der Waals surface area contributed by atoms with Crippen molar-refractivity contribution in [2.45, 2.75) is 18.8 Å². The largest absolute Gasteiger partial charge is 0.497 e. The zero-order valence-corrected chi connectivity index (χ0v) is 16.0. The molecule has 1 amide bonds. The molecule has 3 rings (SSSR count). The van der Waals surface area contributed by atoms with Crippen LogP contribution in [0.3, 0.4) is 0 Å². The summed E-state index contributed by atoms with van der Waals surface area (Å²) < 4.78 is 16.3. The van der Waals surface area contributed by atoms with E-state index in [4.69, 9.17) is 14.2 Å². The van der Waals surface area contributed by atoms with Crippen LogP contribution in [0.4, 0.5) is 0 Å². The molecule has 2 aromatic carbocycles. The zero-order chi connectivity index (χ0) is 18.5. The van der Waals surface area contributed by atoms with Gasteiger partial charge in [-0.25, -0.2) is 0 Å². The van der Waals surface area contributed by atoms with Crippen LogP contribution in [0.15, 0.2) is 42.5 Å². The van der Waals surface area contributed by atoms with E-state index in [0.29, 0.717) is 30.4 Å². The van der Waals surface area contributed by atoms with Gasteiger partial charge in [0.25, 0.3) is 0 Å². The van der Waals surface area contributed by atoms with E-state index in [1.165, 1.54) is 0 Å². The molecule has 138 valence electrons. The molecular formula is C20H23NO4S. The Hall–Kier alpha value is -2.34. The third kappa shape index (κ3) is 4.07. The topological polar surface area (TPSA) is 48.0 Å². The van der Waals surface area contributed by atoms with E-state index in [9.17, 15) is 4.79 Å². The maximum Gasteiger partial charge on any atom is 0.234 e. The van der Waals surface area contributed by atoms with Crippen molar-refractivity contribution in [2.24, 2.45) is 0 Å². The van der Waals surface area contributed by atoms with Gasteiger partial charge in [-0.05, 0) is 42.3 Å². The maximum atomic E-state index is 12.5. The van der Waals surface area contributed by atoms with Crippen molar-refractivity contribution in [1.82, 2.24) is 4.90 Å². The van der Waals surface area contributed by atoms with E-state index < -0.39 is 0 Å². The Morgan fingerprint density at radius 1 is 1.08 bits per heavy atom. The highest BCUT2D eigenvalue weighted by atomic mass is 32.2. The van der Waals surface area contributed by atoms with E-state index >= 15 is 0 Å². The van der Waals surface area contributed by atoms with Crippen LogP contribution >= 0.6 is 11.8 Å². The summed E-state index contributed by atoms with van der Waals surface area (Å²) in [5.41, 5.74) is 2.05. The molecule has 1 atom stereocenters. The zero-order valence-electron chi connectivity index (χ0n) is 15.2. The fraction of sp³-hybridized carbons (Fsp3) is 0.350. The summed E-state index contributed by atoms with van der Waals surface area (Å²) in [6.45, 7) is 3.08. The van der Waals surface area contributed by atoms with E-state index in [0.717, 1.165) is 16.9 Å². The molecule has 0 aromatic heterocycles. The van der Waals surface area contributed by atoms with Crippen LogP contribution < -0.4 is 14.2 Å². The molecule has 1 unspecified atom stereocenters. The summed E-state index contributed by atoms with van der Waals surface area (Å²) in [7, 11) is 3.24. The number of rotatable bonds is 7. The third-order valence-electron chi connectivity index (χ3n) is 4.19. The summed E-state index contributed by atoms with van der Waals surface area (Å²) in [6.07, 6.45) is 0. The lowest BCUT2D eigenvalue weighted by atomic mass is 10.1. The number of carbonyl (C=O) groups is 1. The van der Waals surface area contributed by atoms with Crippen LogP contribution in [0, 0.1) is 0 Å². The van der Waals surface area contributed by atoms with Crippen LogP contribution in [0.5, 0.6) is 17.2 Å². The Morgan fingerprint density at radius 2 is 1.81 bits per heavy atom. The second-order valence-electron chi connectivity index (χ2n) is 5.91. The lowest BCUT2D eigenvalue weighted by molar-refractivity contribution is -0.128. The van der Waals surface area contributed by atoms with Gasteiger partial charge < -0.3 is 19.1 Å². The van der Waals surface area contributed by atoms with Gasteiger partial charge in [0.05, 0.1) is 26.6 Å². The molecule has 1 saturated heterocycles. The lowest BCUT2D eigenvalue weighted by Gasteiger charge is -2.25. The van der Waals surface area contributed by atoms with Gasteiger partial charge in [0, 0.05) is 12.6 Å². The van der Waals surface area contributed by atoms with Gasteiger partial charge in [-0.2, -0.15) is 0 Å². The molecule has 1 heterocycles. The van der Waals surface area contributed by atoms with Gasteiger partial charge in [0.1, 0.15) is 22.6 Å². The first-order valence-electron chi connectivity index (χ1n) is 8.50. The molecule has 2 aromatic rings. The molecule has 0 spiro atoms. The molecule has 0 aliphatic carbocycles. The second-order valence-corrected chi connectivity index (χ2v) is 6.98. The van der Waals surface area contributed by atoms with Gasteiger partial charge in [-0.1, -0.05) is 12.1 Å². The number of thioether (sulfide) groups is 1. The molecule has 1 aliphatic rings.